The van der Waals surface area contributed by atoms with E-state index >= 15 is 0 Å². The minimum Gasteiger partial charge on any atom is -0.314 e. The Morgan fingerprint density at radius 3 is 2.17 bits per heavy atom. The van der Waals surface area contributed by atoms with Crippen LogP contribution in [0.4, 0.5) is 0 Å². The van der Waals surface area contributed by atoms with Gasteiger partial charge in [0.1, 0.15) is 5.37 Å². The van der Waals surface area contributed by atoms with Crippen molar-refractivity contribution in [2.75, 3.05) is 13.1 Å². The molecule has 0 radical (unpaired) electrons. The lowest BCUT2D eigenvalue weighted by atomic mass is 10.2. The van der Waals surface area contributed by atoms with Crippen LogP contribution in [-0.4, -0.2) is 31.2 Å². The van der Waals surface area contributed by atoms with Crippen molar-refractivity contribution in [3.63, 3.8) is 0 Å². The van der Waals surface area contributed by atoms with Crippen LogP contribution in [0.1, 0.15) is 26.2 Å². The second kappa shape index (κ2) is 3.72. The zero-order chi connectivity index (χ0) is 9.19. The Morgan fingerprint density at radius 2 is 1.75 bits per heavy atom. The van der Waals surface area contributed by atoms with Gasteiger partial charge in [-0.25, -0.2) is 12.7 Å². The van der Waals surface area contributed by atoms with Crippen LogP contribution >= 0.6 is 0 Å². The summed E-state index contributed by atoms with van der Waals surface area (Å²) in [5.41, 5.74) is 5.37. The summed E-state index contributed by atoms with van der Waals surface area (Å²) in [4.78, 5) is 0. The van der Waals surface area contributed by atoms with E-state index in [0.717, 1.165) is 19.3 Å². The van der Waals surface area contributed by atoms with E-state index in [9.17, 15) is 8.42 Å². The van der Waals surface area contributed by atoms with Crippen LogP contribution < -0.4 is 5.73 Å². The van der Waals surface area contributed by atoms with Crippen LogP contribution in [0.15, 0.2) is 0 Å². The lowest BCUT2D eigenvalue weighted by molar-refractivity contribution is 0.343. The molecule has 1 unspecified atom stereocenters. The molecule has 1 rings (SSSR count). The first-order valence-electron chi connectivity index (χ1n) is 4.29. The average molecular weight is 192 g/mol. The van der Waals surface area contributed by atoms with Gasteiger partial charge in [0.25, 0.3) is 0 Å². The van der Waals surface area contributed by atoms with Gasteiger partial charge in [-0.2, -0.15) is 0 Å². The Labute approximate surface area is 73.8 Å². The molecule has 0 spiro atoms. The van der Waals surface area contributed by atoms with E-state index in [0.29, 0.717) is 13.1 Å². The van der Waals surface area contributed by atoms with Gasteiger partial charge < -0.3 is 5.73 Å². The minimum absolute atomic E-state index is 0.643. The van der Waals surface area contributed by atoms with Crippen molar-refractivity contribution in [1.82, 2.24) is 4.31 Å². The van der Waals surface area contributed by atoms with Crippen LogP contribution in [0.25, 0.3) is 0 Å². The molecule has 0 aliphatic carbocycles. The first kappa shape index (κ1) is 9.95. The molecule has 0 amide bonds. The van der Waals surface area contributed by atoms with Crippen molar-refractivity contribution >= 4 is 10.0 Å². The first-order valence-corrected chi connectivity index (χ1v) is 5.80. The van der Waals surface area contributed by atoms with Gasteiger partial charge in [-0.1, -0.05) is 6.42 Å². The highest BCUT2D eigenvalue weighted by molar-refractivity contribution is 7.89. The molecule has 5 heteroatoms. The maximum Gasteiger partial charge on any atom is 0.229 e. The van der Waals surface area contributed by atoms with Crippen molar-refractivity contribution in [3.05, 3.63) is 0 Å². The van der Waals surface area contributed by atoms with Gasteiger partial charge in [0.05, 0.1) is 0 Å². The maximum atomic E-state index is 11.5. The Hall–Kier alpha value is -0.130. The largest absolute Gasteiger partial charge is 0.314 e. The molecule has 1 saturated heterocycles. The molecule has 1 aliphatic rings. The fraction of sp³-hybridized carbons (Fsp3) is 1.00. The second-order valence-electron chi connectivity index (χ2n) is 3.21. The first-order chi connectivity index (χ1) is 5.55. The van der Waals surface area contributed by atoms with Crippen molar-refractivity contribution in [2.24, 2.45) is 5.73 Å². The molecule has 0 aromatic rings. The highest BCUT2D eigenvalue weighted by atomic mass is 32.2. The van der Waals surface area contributed by atoms with Crippen LogP contribution in [0.5, 0.6) is 0 Å². The Morgan fingerprint density at radius 1 is 1.25 bits per heavy atom. The van der Waals surface area contributed by atoms with Crippen molar-refractivity contribution in [1.29, 1.82) is 0 Å². The van der Waals surface area contributed by atoms with E-state index in [1.54, 1.807) is 0 Å². The number of nitrogens with zero attached hydrogens (tertiary/aromatic N) is 1. The van der Waals surface area contributed by atoms with Crippen LogP contribution in [0, 0.1) is 0 Å². The summed E-state index contributed by atoms with van der Waals surface area (Å²) in [6.07, 6.45) is 3.06. The van der Waals surface area contributed by atoms with Gasteiger partial charge in [-0.15, -0.1) is 0 Å². The molecule has 1 atom stereocenters. The smallest absolute Gasteiger partial charge is 0.229 e. The lowest BCUT2D eigenvalue weighted by Crippen LogP contribution is -2.43. The number of hydrogen-bond donors (Lipinski definition) is 1. The Bertz CT molecular complexity index is 230. The molecular formula is C7H16N2O2S. The number of nitrogens with two attached hydrogens (primary N) is 1. The third-order valence-corrected chi connectivity index (χ3v) is 4.17. The molecule has 12 heavy (non-hydrogen) atoms. The number of rotatable bonds is 2. The molecule has 0 saturated carbocycles. The summed E-state index contributed by atoms with van der Waals surface area (Å²) in [7, 11) is -3.19. The second-order valence-corrected chi connectivity index (χ2v) is 5.50. The van der Waals surface area contributed by atoms with Gasteiger partial charge in [0.2, 0.25) is 10.0 Å². The van der Waals surface area contributed by atoms with E-state index in [4.69, 9.17) is 5.73 Å². The molecule has 72 valence electrons. The van der Waals surface area contributed by atoms with Gasteiger partial charge in [-0.3, -0.25) is 0 Å². The van der Waals surface area contributed by atoms with Gasteiger partial charge in [0, 0.05) is 13.1 Å². The molecule has 0 aromatic carbocycles. The SMILES string of the molecule is CC(N)S(=O)(=O)N1CCCCC1. The van der Waals surface area contributed by atoms with Crippen molar-refractivity contribution < 1.29 is 8.42 Å². The van der Waals surface area contributed by atoms with Crippen LogP contribution in [0.3, 0.4) is 0 Å². The van der Waals surface area contributed by atoms with Gasteiger partial charge in [-0.05, 0) is 19.8 Å². The summed E-state index contributed by atoms with van der Waals surface area (Å²) in [5.74, 6) is 0. The zero-order valence-electron chi connectivity index (χ0n) is 7.36. The molecule has 1 fully saturated rings. The molecule has 1 aliphatic heterocycles. The quantitative estimate of drug-likeness (QED) is 0.675. The fourth-order valence-corrected chi connectivity index (χ4v) is 2.59. The average Bonchev–Trinajstić information content (AvgIpc) is 2.06. The minimum atomic E-state index is -3.19. The Kier molecular flexibility index (Phi) is 3.09. The summed E-state index contributed by atoms with van der Waals surface area (Å²) in [5, 5.41) is -0.768. The number of hydrogen-bond acceptors (Lipinski definition) is 3. The number of piperidine rings is 1. The van der Waals surface area contributed by atoms with Crippen LogP contribution in [-0.2, 0) is 10.0 Å². The maximum absolute atomic E-state index is 11.5. The lowest BCUT2D eigenvalue weighted by Gasteiger charge is -2.27. The number of sulfonamides is 1. The monoisotopic (exact) mass is 192 g/mol. The summed E-state index contributed by atoms with van der Waals surface area (Å²) in [6, 6.07) is 0. The predicted octanol–water partition coefficient (Wildman–Crippen LogP) is 0.107. The fourth-order valence-electron chi connectivity index (χ4n) is 1.35. The van der Waals surface area contributed by atoms with Crippen LogP contribution in [0.2, 0.25) is 0 Å². The zero-order valence-corrected chi connectivity index (χ0v) is 8.18. The molecule has 0 aromatic heterocycles. The molecule has 4 nitrogen and oxygen atoms in total. The summed E-state index contributed by atoms with van der Waals surface area (Å²) < 4.78 is 24.5. The third-order valence-electron chi connectivity index (χ3n) is 2.14. The topological polar surface area (TPSA) is 63.4 Å². The standard InChI is InChI=1S/C7H16N2O2S/c1-7(8)12(10,11)9-5-3-2-4-6-9/h7H,2-6,8H2,1H3. The van der Waals surface area contributed by atoms with E-state index in [1.807, 2.05) is 0 Å². The van der Waals surface area contributed by atoms with E-state index in [2.05, 4.69) is 0 Å². The van der Waals surface area contributed by atoms with E-state index in [1.165, 1.54) is 11.2 Å². The highest BCUT2D eigenvalue weighted by Gasteiger charge is 2.26. The van der Waals surface area contributed by atoms with Gasteiger partial charge in [0.15, 0.2) is 0 Å². The van der Waals surface area contributed by atoms with E-state index in [-0.39, 0.29) is 0 Å². The summed E-state index contributed by atoms with van der Waals surface area (Å²) >= 11 is 0. The third kappa shape index (κ3) is 1.97. The highest BCUT2D eigenvalue weighted by Crippen LogP contribution is 2.14. The van der Waals surface area contributed by atoms with Crippen molar-refractivity contribution in [3.8, 4) is 0 Å². The molecular weight excluding hydrogens is 176 g/mol. The van der Waals surface area contributed by atoms with E-state index < -0.39 is 15.4 Å². The van der Waals surface area contributed by atoms with Gasteiger partial charge >= 0.3 is 0 Å². The molecule has 0 bridgehead atoms. The molecule has 2 N–H and O–H groups in total. The molecule has 1 heterocycles. The summed E-state index contributed by atoms with van der Waals surface area (Å²) in [6.45, 7) is 2.80. The normalized spacial score (nSPS) is 23.8. The van der Waals surface area contributed by atoms with Crippen molar-refractivity contribution in [2.45, 2.75) is 31.6 Å². The predicted molar refractivity (Wildman–Crippen MR) is 48.0 cm³/mol. The Balaban J connectivity index is 2.67.